The number of hydrogen-bond acceptors (Lipinski definition) is 4. The summed E-state index contributed by atoms with van der Waals surface area (Å²) < 4.78 is 25.4. The molecule has 0 saturated carbocycles. The predicted molar refractivity (Wildman–Crippen MR) is 146 cm³/mol. The highest BCUT2D eigenvalue weighted by Gasteiger charge is 2.43. The van der Waals surface area contributed by atoms with Crippen LogP contribution in [0.25, 0.3) is 11.1 Å². The van der Waals surface area contributed by atoms with Gasteiger partial charge < -0.3 is 0 Å². The van der Waals surface area contributed by atoms with Crippen molar-refractivity contribution in [3.8, 4) is 11.1 Å². The highest BCUT2D eigenvalue weighted by molar-refractivity contribution is 7.90. The van der Waals surface area contributed by atoms with E-state index in [2.05, 4.69) is 0 Å². The molecular formula is C28H22Cl2N2O4S. The smallest absolute Gasteiger partial charge is 0.260 e. The molecule has 4 aromatic rings. The van der Waals surface area contributed by atoms with Crippen LogP contribution in [0.1, 0.15) is 30.1 Å². The van der Waals surface area contributed by atoms with E-state index in [4.69, 9.17) is 23.2 Å². The molecule has 37 heavy (non-hydrogen) atoms. The highest BCUT2D eigenvalue weighted by atomic mass is 35.5. The van der Waals surface area contributed by atoms with Gasteiger partial charge in [0.1, 0.15) is 5.82 Å². The summed E-state index contributed by atoms with van der Waals surface area (Å²) in [4.78, 5) is 28.8. The Kier molecular flexibility index (Phi) is 6.48. The summed E-state index contributed by atoms with van der Waals surface area (Å²) in [5.74, 6) is 0.253. The van der Waals surface area contributed by atoms with Crippen LogP contribution < -0.4 is 10.5 Å². The number of nitrogens with zero attached hydrogens (tertiary/aromatic N) is 2. The van der Waals surface area contributed by atoms with E-state index in [0.29, 0.717) is 27.0 Å². The van der Waals surface area contributed by atoms with Gasteiger partial charge in [0.15, 0.2) is 9.84 Å². The standard InChI is InChI=1S/C28H22Cl2N2O4S/c1-17(33)31-25-16-15-24(18-7-13-23(14-8-18)37(2,35)36)28(34)32(25)27(20-5-11-22(30)12-6-20)26(31)19-3-9-21(29)10-4-19/h3-16,26-27H,1-2H3. The summed E-state index contributed by atoms with van der Waals surface area (Å²) in [6.45, 7) is 1.47. The minimum Gasteiger partial charge on any atom is -0.288 e. The Labute approximate surface area is 224 Å². The van der Waals surface area contributed by atoms with Crippen LogP contribution in [-0.4, -0.2) is 25.1 Å². The first-order valence-electron chi connectivity index (χ1n) is 11.4. The summed E-state index contributed by atoms with van der Waals surface area (Å²) in [6, 6.07) is 23.0. The molecule has 0 saturated heterocycles. The lowest BCUT2D eigenvalue weighted by molar-refractivity contribution is -0.117. The molecular weight excluding hydrogens is 531 g/mol. The van der Waals surface area contributed by atoms with Crippen molar-refractivity contribution in [2.45, 2.75) is 23.9 Å². The van der Waals surface area contributed by atoms with Crippen molar-refractivity contribution in [1.29, 1.82) is 0 Å². The quantitative estimate of drug-likeness (QED) is 0.314. The van der Waals surface area contributed by atoms with Gasteiger partial charge in [-0.3, -0.25) is 19.1 Å². The van der Waals surface area contributed by atoms with Crippen LogP contribution in [0.15, 0.2) is 94.6 Å². The van der Waals surface area contributed by atoms with Crippen molar-refractivity contribution >= 4 is 44.8 Å². The summed E-state index contributed by atoms with van der Waals surface area (Å²) >= 11 is 12.3. The van der Waals surface area contributed by atoms with Crippen LogP contribution in [0.3, 0.4) is 0 Å². The fraction of sp³-hybridized carbons (Fsp3) is 0.143. The summed E-state index contributed by atoms with van der Waals surface area (Å²) in [7, 11) is -3.38. The average Bonchev–Trinajstić information content (AvgIpc) is 3.21. The average molecular weight is 553 g/mol. The maximum Gasteiger partial charge on any atom is 0.260 e. The Bertz CT molecular complexity index is 1660. The second-order valence-electron chi connectivity index (χ2n) is 8.96. The fourth-order valence-corrected chi connectivity index (χ4v) is 5.76. The summed E-state index contributed by atoms with van der Waals surface area (Å²) in [5, 5.41) is 1.12. The number of hydrogen-bond donors (Lipinski definition) is 0. The number of aromatic nitrogens is 1. The maximum atomic E-state index is 14.1. The third-order valence-electron chi connectivity index (χ3n) is 6.55. The topological polar surface area (TPSA) is 76.5 Å². The lowest BCUT2D eigenvalue weighted by Crippen LogP contribution is -2.31. The van der Waals surface area contributed by atoms with E-state index in [1.165, 1.54) is 19.1 Å². The number of sulfone groups is 1. The molecule has 0 radical (unpaired) electrons. The molecule has 1 aromatic heterocycles. The first-order valence-corrected chi connectivity index (χ1v) is 14.1. The second kappa shape index (κ2) is 9.49. The fourth-order valence-electron chi connectivity index (χ4n) is 4.87. The van der Waals surface area contributed by atoms with Crippen molar-refractivity contribution in [3.05, 3.63) is 116 Å². The number of rotatable bonds is 4. The summed E-state index contributed by atoms with van der Waals surface area (Å²) in [5.41, 5.74) is 2.30. The lowest BCUT2D eigenvalue weighted by atomic mass is 9.93. The zero-order valence-electron chi connectivity index (χ0n) is 19.9. The van der Waals surface area contributed by atoms with Crippen LogP contribution in [0.5, 0.6) is 0 Å². The largest absolute Gasteiger partial charge is 0.288 e. The van der Waals surface area contributed by atoms with Gasteiger partial charge in [-0.1, -0.05) is 59.6 Å². The number of anilines is 1. The van der Waals surface area contributed by atoms with Gasteiger partial charge in [0, 0.05) is 28.8 Å². The number of halogens is 2. The first-order chi connectivity index (χ1) is 17.6. The number of pyridine rings is 1. The molecule has 0 N–H and O–H groups in total. The Morgan fingerprint density at radius 3 is 1.76 bits per heavy atom. The molecule has 0 fully saturated rings. The molecule has 2 heterocycles. The lowest BCUT2D eigenvalue weighted by Gasteiger charge is -2.27. The van der Waals surface area contributed by atoms with Gasteiger partial charge in [0.25, 0.3) is 5.56 Å². The van der Waals surface area contributed by atoms with Crippen LogP contribution in [-0.2, 0) is 14.6 Å². The molecule has 1 amide bonds. The minimum absolute atomic E-state index is 0.169. The summed E-state index contributed by atoms with van der Waals surface area (Å²) in [6.07, 6.45) is 1.14. The molecule has 6 nitrogen and oxygen atoms in total. The molecule has 3 aromatic carbocycles. The zero-order valence-corrected chi connectivity index (χ0v) is 22.3. The van der Waals surface area contributed by atoms with Crippen molar-refractivity contribution in [1.82, 2.24) is 4.57 Å². The molecule has 2 atom stereocenters. The molecule has 1 aliphatic rings. The number of amides is 1. The van der Waals surface area contributed by atoms with Crippen LogP contribution in [0.2, 0.25) is 10.0 Å². The second-order valence-corrected chi connectivity index (χ2v) is 11.8. The molecule has 9 heteroatoms. The van der Waals surface area contributed by atoms with Crippen molar-refractivity contribution < 1.29 is 13.2 Å². The molecule has 0 aliphatic carbocycles. The first kappa shape index (κ1) is 25.3. The third-order valence-corrected chi connectivity index (χ3v) is 8.19. The Morgan fingerprint density at radius 1 is 0.757 bits per heavy atom. The maximum absolute atomic E-state index is 14.1. The molecule has 2 unspecified atom stereocenters. The van der Waals surface area contributed by atoms with E-state index in [-0.39, 0.29) is 16.4 Å². The number of carbonyl (C=O) groups is 1. The van der Waals surface area contributed by atoms with Crippen molar-refractivity contribution in [2.75, 3.05) is 11.2 Å². The van der Waals surface area contributed by atoms with E-state index in [1.54, 1.807) is 58.0 Å². The van der Waals surface area contributed by atoms with Gasteiger partial charge in [0.2, 0.25) is 5.91 Å². The zero-order chi connectivity index (χ0) is 26.5. The van der Waals surface area contributed by atoms with Gasteiger partial charge in [-0.05, 0) is 65.2 Å². The number of fused-ring (bicyclic) bond motifs is 1. The van der Waals surface area contributed by atoms with Crippen LogP contribution in [0.4, 0.5) is 5.82 Å². The van der Waals surface area contributed by atoms with Gasteiger partial charge in [-0.25, -0.2) is 8.42 Å². The number of carbonyl (C=O) groups excluding carboxylic acids is 1. The number of benzene rings is 3. The molecule has 1 aliphatic heterocycles. The SMILES string of the molecule is CC(=O)N1c2ccc(-c3ccc(S(C)(=O)=O)cc3)c(=O)n2C(c2ccc(Cl)cc2)C1c1ccc(Cl)cc1. The van der Waals surface area contributed by atoms with E-state index in [9.17, 15) is 18.0 Å². The molecule has 0 spiro atoms. The molecule has 5 rings (SSSR count). The van der Waals surface area contributed by atoms with Gasteiger partial charge in [-0.15, -0.1) is 0 Å². The van der Waals surface area contributed by atoms with Crippen molar-refractivity contribution in [3.63, 3.8) is 0 Å². The van der Waals surface area contributed by atoms with Gasteiger partial charge in [-0.2, -0.15) is 0 Å². The Morgan fingerprint density at radius 2 is 1.27 bits per heavy atom. The Balaban J connectivity index is 1.75. The van der Waals surface area contributed by atoms with Crippen LogP contribution >= 0.6 is 23.2 Å². The third kappa shape index (κ3) is 4.59. The monoisotopic (exact) mass is 552 g/mol. The Hall–Kier alpha value is -3.39. The predicted octanol–water partition coefficient (Wildman–Crippen LogP) is 5.92. The minimum atomic E-state index is -3.38. The van der Waals surface area contributed by atoms with Crippen LogP contribution in [0, 0.1) is 0 Å². The van der Waals surface area contributed by atoms with E-state index in [0.717, 1.165) is 17.4 Å². The van der Waals surface area contributed by atoms with Gasteiger partial charge >= 0.3 is 0 Å². The molecule has 0 bridgehead atoms. The van der Waals surface area contributed by atoms with E-state index >= 15 is 0 Å². The van der Waals surface area contributed by atoms with Gasteiger partial charge in [0.05, 0.1) is 17.0 Å². The van der Waals surface area contributed by atoms with E-state index < -0.39 is 21.9 Å². The molecule has 188 valence electrons. The normalized spacial score (nSPS) is 17.0. The van der Waals surface area contributed by atoms with E-state index in [1.807, 2.05) is 24.3 Å². The van der Waals surface area contributed by atoms with Crippen molar-refractivity contribution in [2.24, 2.45) is 0 Å². The highest BCUT2D eigenvalue weighted by Crippen LogP contribution is 2.47.